The molecule has 2 fully saturated rings. The number of urea groups is 1. The van der Waals surface area contributed by atoms with Crippen LogP contribution in [0.4, 0.5) is 4.79 Å². The molecule has 2 unspecified atom stereocenters. The summed E-state index contributed by atoms with van der Waals surface area (Å²) in [5, 5.41) is 8.95. The van der Waals surface area contributed by atoms with Gasteiger partial charge in [-0.3, -0.25) is 4.79 Å². The molecule has 2 amide bonds. The van der Waals surface area contributed by atoms with Crippen molar-refractivity contribution in [3.63, 3.8) is 0 Å². The van der Waals surface area contributed by atoms with Crippen LogP contribution in [0.1, 0.15) is 32.6 Å². The van der Waals surface area contributed by atoms with E-state index in [1.165, 1.54) is 4.90 Å². The zero-order valence-corrected chi connectivity index (χ0v) is 13.0. The monoisotopic (exact) mass is 318 g/mol. The van der Waals surface area contributed by atoms with E-state index in [1.807, 2.05) is 6.92 Å². The summed E-state index contributed by atoms with van der Waals surface area (Å²) in [4.78, 5) is 26.8. The standard InChI is InChI=1S/C13H22N2O5S/c1-10-4-2-3-5-14(10)13(18)15-6-7-21(19,20)9-11(15)8-12(16)17/h10-11H,2-9H2,1H3,(H,16,17). The lowest BCUT2D eigenvalue weighted by atomic mass is 10.0. The highest BCUT2D eigenvalue weighted by atomic mass is 32.2. The van der Waals surface area contributed by atoms with Crippen LogP contribution in [0.2, 0.25) is 0 Å². The molecule has 0 saturated carbocycles. The number of carboxylic acid groups (broad SMARTS) is 1. The van der Waals surface area contributed by atoms with Gasteiger partial charge in [-0.15, -0.1) is 0 Å². The van der Waals surface area contributed by atoms with Gasteiger partial charge >= 0.3 is 12.0 Å². The first-order valence-electron chi connectivity index (χ1n) is 7.29. The quantitative estimate of drug-likeness (QED) is 0.802. The van der Waals surface area contributed by atoms with E-state index < -0.39 is 21.8 Å². The van der Waals surface area contributed by atoms with Gasteiger partial charge in [-0.25, -0.2) is 13.2 Å². The highest BCUT2D eigenvalue weighted by Gasteiger charge is 2.38. The Morgan fingerprint density at radius 3 is 2.52 bits per heavy atom. The van der Waals surface area contributed by atoms with Crippen LogP contribution in [-0.4, -0.2) is 72.0 Å². The van der Waals surface area contributed by atoms with E-state index in [2.05, 4.69) is 0 Å². The van der Waals surface area contributed by atoms with Crippen LogP contribution in [0.5, 0.6) is 0 Å². The molecule has 2 aliphatic rings. The first-order chi connectivity index (χ1) is 9.80. The van der Waals surface area contributed by atoms with Crippen LogP contribution in [0, 0.1) is 0 Å². The molecule has 7 nitrogen and oxygen atoms in total. The Bertz CT molecular complexity index is 519. The molecule has 2 saturated heterocycles. The SMILES string of the molecule is CC1CCCCN1C(=O)N1CCS(=O)(=O)CC1CC(=O)O. The lowest BCUT2D eigenvalue weighted by Crippen LogP contribution is -2.58. The number of carboxylic acids is 1. The summed E-state index contributed by atoms with van der Waals surface area (Å²) in [5.41, 5.74) is 0. The van der Waals surface area contributed by atoms with Crippen LogP contribution in [0.15, 0.2) is 0 Å². The van der Waals surface area contributed by atoms with E-state index in [0.29, 0.717) is 6.54 Å². The van der Waals surface area contributed by atoms with Gasteiger partial charge in [0.05, 0.1) is 24.0 Å². The average Bonchev–Trinajstić information content (AvgIpc) is 2.37. The van der Waals surface area contributed by atoms with Gasteiger partial charge in [-0.2, -0.15) is 0 Å². The number of aliphatic carboxylic acids is 1. The number of likely N-dealkylation sites (tertiary alicyclic amines) is 1. The van der Waals surface area contributed by atoms with Crippen molar-refractivity contribution in [2.75, 3.05) is 24.6 Å². The summed E-state index contributed by atoms with van der Waals surface area (Å²) in [6.07, 6.45) is 2.62. The third-order valence-corrected chi connectivity index (χ3v) is 5.93. The summed E-state index contributed by atoms with van der Waals surface area (Å²) in [7, 11) is -3.26. The topological polar surface area (TPSA) is 95.0 Å². The van der Waals surface area contributed by atoms with Crippen LogP contribution in [0.25, 0.3) is 0 Å². The molecule has 2 aliphatic heterocycles. The number of sulfone groups is 1. The van der Waals surface area contributed by atoms with Crippen molar-refractivity contribution >= 4 is 21.8 Å². The number of carbonyl (C=O) groups excluding carboxylic acids is 1. The largest absolute Gasteiger partial charge is 0.481 e. The van der Waals surface area contributed by atoms with Gasteiger partial charge < -0.3 is 14.9 Å². The molecule has 0 aromatic carbocycles. The molecular weight excluding hydrogens is 296 g/mol. The van der Waals surface area contributed by atoms with Crippen molar-refractivity contribution in [3.8, 4) is 0 Å². The summed E-state index contributed by atoms with van der Waals surface area (Å²) in [6, 6.07) is -0.860. The molecule has 0 spiro atoms. The predicted molar refractivity (Wildman–Crippen MR) is 76.8 cm³/mol. The Morgan fingerprint density at radius 2 is 1.90 bits per heavy atom. The van der Waals surface area contributed by atoms with Gasteiger partial charge in [0.15, 0.2) is 9.84 Å². The predicted octanol–water partition coefficient (Wildman–Crippen LogP) is 0.555. The number of carbonyl (C=O) groups is 2. The first-order valence-corrected chi connectivity index (χ1v) is 9.12. The van der Waals surface area contributed by atoms with E-state index >= 15 is 0 Å². The molecule has 21 heavy (non-hydrogen) atoms. The fourth-order valence-electron chi connectivity index (χ4n) is 3.06. The second-order valence-electron chi connectivity index (χ2n) is 5.88. The highest BCUT2D eigenvalue weighted by Crippen LogP contribution is 2.22. The fraction of sp³-hybridized carbons (Fsp3) is 0.846. The molecule has 0 aromatic heterocycles. The van der Waals surface area contributed by atoms with E-state index in [0.717, 1.165) is 19.3 Å². The maximum atomic E-state index is 12.6. The smallest absolute Gasteiger partial charge is 0.320 e. The molecule has 0 aliphatic carbocycles. The number of amides is 2. The van der Waals surface area contributed by atoms with E-state index in [-0.39, 0.29) is 36.5 Å². The summed E-state index contributed by atoms with van der Waals surface area (Å²) in [6.45, 7) is 2.72. The molecule has 0 bridgehead atoms. The maximum absolute atomic E-state index is 12.6. The van der Waals surface area contributed by atoms with Crippen molar-refractivity contribution in [1.29, 1.82) is 0 Å². The van der Waals surface area contributed by atoms with Gasteiger partial charge in [-0.05, 0) is 26.2 Å². The number of hydrogen-bond donors (Lipinski definition) is 1. The van der Waals surface area contributed by atoms with Gasteiger partial charge in [0.1, 0.15) is 0 Å². The van der Waals surface area contributed by atoms with Crippen LogP contribution in [0.3, 0.4) is 0 Å². The van der Waals surface area contributed by atoms with Gasteiger partial charge in [-0.1, -0.05) is 0 Å². The fourth-order valence-corrected chi connectivity index (χ4v) is 4.58. The van der Waals surface area contributed by atoms with Gasteiger partial charge in [0.25, 0.3) is 0 Å². The molecule has 0 radical (unpaired) electrons. The van der Waals surface area contributed by atoms with Crippen molar-refractivity contribution < 1.29 is 23.1 Å². The molecule has 120 valence electrons. The van der Waals surface area contributed by atoms with E-state index in [1.54, 1.807) is 4.90 Å². The van der Waals surface area contributed by atoms with Crippen LogP contribution >= 0.6 is 0 Å². The lowest BCUT2D eigenvalue weighted by molar-refractivity contribution is -0.138. The Balaban J connectivity index is 2.14. The second-order valence-corrected chi connectivity index (χ2v) is 8.11. The lowest BCUT2D eigenvalue weighted by Gasteiger charge is -2.41. The van der Waals surface area contributed by atoms with Crippen LogP contribution < -0.4 is 0 Å². The molecular formula is C13H22N2O5S. The minimum Gasteiger partial charge on any atom is -0.481 e. The summed E-state index contributed by atoms with van der Waals surface area (Å²) < 4.78 is 23.4. The second kappa shape index (κ2) is 6.21. The third kappa shape index (κ3) is 3.87. The van der Waals surface area contributed by atoms with E-state index in [9.17, 15) is 18.0 Å². The van der Waals surface area contributed by atoms with Gasteiger partial charge in [0.2, 0.25) is 0 Å². The Morgan fingerprint density at radius 1 is 1.19 bits per heavy atom. The summed E-state index contributed by atoms with van der Waals surface area (Å²) >= 11 is 0. The first kappa shape index (κ1) is 16.1. The molecule has 8 heteroatoms. The molecule has 0 aromatic rings. The molecule has 2 atom stereocenters. The average molecular weight is 318 g/mol. The Hall–Kier alpha value is -1.31. The van der Waals surface area contributed by atoms with Crippen molar-refractivity contribution in [3.05, 3.63) is 0 Å². The maximum Gasteiger partial charge on any atom is 0.320 e. The Labute approximate surface area is 124 Å². The number of rotatable bonds is 2. The molecule has 1 N–H and O–H groups in total. The van der Waals surface area contributed by atoms with Crippen molar-refractivity contribution in [2.45, 2.75) is 44.7 Å². The Kier molecular flexibility index (Phi) is 4.75. The van der Waals surface area contributed by atoms with Crippen molar-refractivity contribution in [1.82, 2.24) is 9.80 Å². The summed E-state index contributed by atoms with van der Waals surface area (Å²) in [5.74, 6) is -1.42. The minimum absolute atomic E-state index is 0.0856. The number of nitrogens with zero attached hydrogens (tertiary/aromatic N) is 2. The zero-order valence-electron chi connectivity index (χ0n) is 12.2. The minimum atomic E-state index is -3.26. The molecule has 2 heterocycles. The van der Waals surface area contributed by atoms with Crippen LogP contribution in [-0.2, 0) is 14.6 Å². The number of hydrogen-bond acceptors (Lipinski definition) is 4. The van der Waals surface area contributed by atoms with E-state index in [4.69, 9.17) is 5.11 Å². The molecule has 2 rings (SSSR count). The highest BCUT2D eigenvalue weighted by molar-refractivity contribution is 7.91. The number of piperidine rings is 1. The normalized spacial score (nSPS) is 29.2. The zero-order chi connectivity index (χ0) is 15.6. The third-order valence-electron chi connectivity index (χ3n) is 4.23. The van der Waals surface area contributed by atoms with Crippen molar-refractivity contribution in [2.24, 2.45) is 0 Å². The van der Waals surface area contributed by atoms with Gasteiger partial charge in [0, 0.05) is 19.1 Å².